The molecule has 0 aliphatic carbocycles. The van der Waals surface area contributed by atoms with Crippen LogP contribution in [0.1, 0.15) is 60.3 Å². The lowest BCUT2D eigenvalue weighted by Crippen LogP contribution is -2.30. The first-order chi connectivity index (χ1) is 12.1. The SMILES string of the molecule is CCCC(=O)Nc1cc(SC(CCC)C(=O)OC(C)(C)C)c(Br)cc1F. The minimum atomic E-state index is -0.567. The number of amides is 1. The van der Waals surface area contributed by atoms with Gasteiger partial charge >= 0.3 is 5.97 Å². The van der Waals surface area contributed by atoms with Crippen molar-refractivity contribution in [1.82, 2.24) is 0 Å². The number of ether oxygens (including phenoxy) is 1. The van der Waals surface area contributed by atoms with Crippen molar-refractivity contribution in [2.24, 2.45) is 0 Å². The van der Waals surface area contributed by atoms with E-state index in [9.17, 15) is 14.0 Å². The number of carbonyl (C=O) groups excluding carboxylic acids is 2. The second-order valence-electron chi connectivity index (χ2n) is 6.99. The number of halogens is 2. The number of carbonyl (C=O) groups is 2. The summed E-state index contributed by atoms with van der Waals surface area (Å²) in [6.07, 6.45) is 2.47. The quantitative estimate of drug-likeness (QED) is 0.396. The highest BCUT2D eigenvalue weighted by Crippen LogP contribution is 2.37. The Kier molecular flexibility index (Phi) is 9.10. The van der Waals surface area contributed by atoms with Gasteiger partial charge in [-0.05, 0) is 61.7 Å². The molecule has 1 unspecified atom stereocenters. The van der Waals surface area contributed by atoms with Gasteiger partial charge in [-0.3, -0.25) is 9.59 Å². The Morgan fingerprint density at radius 1 is 1.27 bits per heavy atom. The molecule has 0 spiro atoms. The van der Waals surface area contributed by atoms with E-state index in [4.69, 9.17) is 4.74 Å². The molecule has 1 aromatic rings. The van der Waals surface area contributed by atoms with Crippen molar-refractivity contribution in [3.8, 4) is 0 Å². The zero-order valence-electron chi connectivity index (χ0n) is 15.9. The van der Waals surface area contributed by atoms with E-state index >= 15 is 0 Å². The Hall–Kier alpha value is -1.08. The monoisotopic (exact) mass is 447 g/mol. The van der Waals surface area contributed by atoms with Crippen LogP contribution in [0.2, 0.25) is 0 Å². The molecule has 0 saturated heterocycles. The molecule has 0 heterocycles. The third-order valence-corrected chi connectivity index (χ3v) is 5.49. The normalized spacial score (nSPS) is 12.6. The predicted molar refractivity (Wildman–Crippen MR) is 108 cm³/mol. The summed E-state index contributed by atoms with van der Waals surface area (Å²) < 4.78 is 20.2. The Labute approximate surface area is 167 Å². The van der Waals surface area contributed by atoms with Gasteiger partial charge in [-0.15, -0.1) is 11.8 Å². The van der Waals surface area contributed by atoms with Crippen molar-refractivity contribution in [3.05, 3.63) is 22.4 Å². The summed E-state index contributed by atoms with van der Waals surface area (Å²) >= 11 is 4.66. The van der Waals surface area contributed by atoms with Crippen LogP contribution >= 0.6 is 27.7 Å². The van der Waals surface area contributed by atoms with Crippen LogP contribution in [0.3, 0.4) is 0 Å². The van der Waals surface area contributed by atoms with Gasteiger partial charge in [0.1, 0.15) is 16.7 Å². The van der Waals surface area contributed by atoms with Crippen molar-refractivity contribution in [2.75, 3.05) is 5.32 Å². The first kappa shape index (κ1) is 23.0. The summed E-state index contributed by atoms with van der Waals surface area (Å²) in [5.41, 5.74) is -0.447. The summed E-state index contributed by atoms with van der Waals surface area (Å²) in [4.78, 5) is 24.9. The average Bonchev–Trinajstić information content (AvgIpc) is 2.49. The highest BCUT2D eigenvalue weighted by Gasteiger charge is 2.26. The molecular formula is C19H27BrFNO3S. The Morgan fingerprint density at radius 3 is 2.46 bits per heavy atom. The maximum Gasteiger partial charge on any atom is 0.319 e. The highest BCUT2D eigenvalue weighted by atomic mass is 79.9. The van der Waals surface area contributed by atoms with Crippen LogP contribution < -0.4 is 5.32 Å². The number of hydrogen-bond acceptors (Lipinski definition) is 4. The van der Waals surface area contributed by atoms with E-state index in [1.807, 2.05) is 34.6 Å². The number of thioether (sulfide) groups is 1. The predicted octanol–water partition coefficient (Wildman–Crippen LogP) is 5.93. The van der Waals surface area contributed by atoms with E-state index in [1.165, 1.54) is 17.8 Å². The third-order valence-electron chi connectivity index (χ3n) is 3.26. The van der Waals surface area contributed by atoms with Crippen molar-refractivity contribution in [1.29, 1.82) is 0 Å². The molecular weight excluding hydrogens is 421 g/mol. The van der Waals surface area contributed by atoms with E-state index < -0.39 is 16.7 Å². The third kappa shape index (κ3) is 7.66. The lowest BCUT2D eigenvalue weighted by Gasteiger charge is -2.24. The Bertz CT molecular complexity index is 646. The molecule has 4 nitrogen and oxygen atoms in total. The van der Waals surface area contributed by atoms with Gasteiger partial charge in [-0.1, -0.05) is 20.3 Å². The maximum atomic E-state index is 14.2. The van der Waals surface area contributed by atoms with Gasteiger partial charge in [0, 0.05) is 15.8 Å². The van der Waals surface area contributed by atoms with Gasteiger partial charge in [0.05, 0.1) is 5.69 Å². The molecule has 0 aromatic heterocycles. The van der Waals surface area contributed by atoms with Gasteiger partial charge in [0.2, 0.25) is 5.91 Å². The lowest BCUT2D eigenvalue weighted by atomic mass is 10.2. The fourth-order valence-electron chi connectivity index (χ4n) is 2.16. The van der Waals surface area contributed by atoms with Crippen molar-refractivity contribution >= 4 is 45.3 Å². The van der Waals surface area contributed by atoms with Crippen molar-refractivity contribution in [3.63, 3.8) is 0 Å². The van der Waals surface area contributed by atoms with E-state index in [0.29, 0.717) is 28.6 Å². The molecule has 7 heteroatoms. The van der Waals surface area contributed by atoms with Gasteiger partial charge in [-0.2, -0.15) is 0 Å². The van der Waals surface area contributed by atoms with Crippen LogP contribution in [0.25, 0.3) is 0 Å². The Balaban J connectivity index is 3.03. The molecule has 1 rings (SSSR count). The van der Waals surface area contributed by atoms with Crippen LogP contribution in [0, 0.1) is 5.82 Å². The molecule has 146 valence electrons. The highest BCUT2D eigenvalue weighted by molar-refractivity contribution is 9.10. The molecule has 0 aliphatic rings. The second kappa shape index (κ2) is 10.3. The van der Waals surface area contributed by atoms with E-state index in [0.717, 1.165) is 6.42 Å². The molecule has 0 bridgehead atoms. The molecule has 0 radical (unpaired) electrons. The summed E-state index contributed by atoms with van der Waals surface area (Å²) in [5, 5.41) is 2.18. The second-order valence-corrected chi connectivity index (χ2v) is 9.09. The molecule has 0 fully saturated rings. The number of rotatable bonds is 8. The Morgan fingerprint density at radius 2 is 1.92 bits per heavy atom. The van der Waals surface area contributed by atoms with Crippen LogP contribution in [-0.2, 0) is 14.3 Å². The van der Waals surface area contributed by atoms with Gasteiger partial charge < -0.3 is 10.1 Å². The summed E-state index contributed by atoms with van der Waals surface area (Å²) in [6, 6.07) is 2.87. The van der Waals surface area contributed by atoms with E-state index in [2.05, 4.69) is 21.2 Å². The molecule has 1 atom stereocenters. The fourth-order valence-corrected chi connectivity index (χ4v) is 3.92. The van der Waals surface area contributed by atoms with Crippen LogP contribution in [0.5, 0.6) is 0 Å². The van der Waals surface area contributed by atoms with Gasteiger partial charge in [0.15, 0.2) is 0 Å². The van der Waals surface area contributed by atoms with Crippen molar-refractivity contribution in [2.45, 2.75) is 76.0 Å². The summed E-state index contributed by atoms with van der Waals surface area (Å²) in [6.45, 7) is 9.36. The number of nitrogens with one attached hydrogen (secondary N) is 1. The minimum absolute atomic E-state index is 0.119. The summed E-state index contributed by atoms with van der Waals surface area (Å²) in [7, 11) is 0. The van der Waals surface area contributed by atoms with Crippen LogP contribution in [0.15, 0.2) is 21.5 Å². The summed E-state index contributed by atoms with van der Waals surface area (Å²) in [5.74, 6) is -1.05. The molecule has 1 N–H and O–H groups in total. The number of anilines is 1. The number of esters is 1. The first-order valence-electron chi connectivity index (χ1n) is 8.75. The fraction of sp³-hybridized carbons (Fsp3) is 0.579. The lowest BCUT2D eigenvalue weighted by molar-refractivity contribution is -0.154. The zero-order chi connectivity index (χ0) is 19.9. The molecule has 26 heavy (non-hydrogen) atoms. The van der Waals surface area contributed by atoms with Crippen molar-refractivity contribution < 1.29 is 18.7 Å². The average molecular weight is 448 g/mol. The number of hydrogen-bond donors (Lipinski definition) is 1. The van der Waals surface area contributed by atoms with Gasteiger partial charge in [0.25, 0.3) is 0 Å². The smallest absolute Gasteiger partial charge is 0.319 e. The minimum Gasteiger partial charge on any atom is -0.459 e. The zero-order valence-corrected chi connectivity index (χ0v) is 18.4. The van der Waals surface area contributed by atoms with Crippen LogP contribution in [-0.4, -0.2) is 22.7 Å². The first-order valence-corrected chi connectivity index (χ1v) is 10.4. The molecule has 1 amide bonds. The molecule has 1 aromatic carbocycles. The van der Waals surface area contributed by atoms with E-state index in [-0.39, 0.29) is 17.6 Å². The maximum absolute atomic E-state index is 14.2. The van der Waals surface area contributed by atoms with Gasteiger partial charge in [-0.25, -0.2) is 4.39 Å². The topological polar surface area (TPSA) is 55.4 Å². The molecule has 0 aliphatic heterocycles. The standard InChI is InChI=1S/C19H27BrFNO3S/c1-6-8-15(18(24)25-19(3,4)5)26-16-11-14(13(21)10-12(16)20)22-17(23)9-7-2/h10-11,15H,6-9H2,1-5H3,(H,22,23). The van der Waals surface area contributed by atoms with Crippen LogP contribution in [0.4, 0.5) is 10.1 Å². The largest absolute Gasteiger partial charge is 0.459 e. The number of benzene rings is 1. The van der Waals surface area contributed by atoms with E-state index in [1.54, 1.807) is 6.07 Å². The molecule has 0 saturated carbocycles.